The van der Waals surface area contributed by atoms with E-state index >= 15 is 0 Å². The molecule has 0 aliphatic carbocycles. The van der Waals surface area contributed by atoms with Gasteiger partial charge < -0.3 is 10.4 Å². The second-order valence-electron chi connectivity index (χ2n) is 5.23. The summed E-state index contributed by atoms with van der Waals surface area (Å²) in [4.78, 5) is 5.90. The number of aliphatic hydroxyl groups is 1. The first-order valence-electron chi connectivity index (χ1n) is 6.84. The largest absolute Gasteiger partial charge is 0.392 e. The minimum absolute atomic E-state index is 0.241. The van der Waals surface area contributed by atoms with Gasteiger partial charge in [0.15, 0.2) is 0 Å². The average molecular weight is 270 g/mol. The van der Waals surface area contributed by atoms with Crippen LogP contribution in [0.4, 0.5) is 0 Å². The molecule has 3 nitrogen and oxygen atoms in total. The molecule has 0 saturated carbocycles. The standard InChI is InChI=1S/C14H26N2OS/c1-6-7-12(17)8-15-10(4)13-11(5)16-14(18-13)9(2)3/h9-10,12,15,17H,6-8H2,1-5H3. The minimum atomic E-state index is -0.241. The van der Waals surface area contributed by atoms with E-state index in [1.807, 2.05) is 0 Å². The van der Waals surface area contributed by atoms with Gasteiger partial charge in [0.2, 0.25) is 0 Å². The van der Waals surface area contributed by atoms with Crippen molar-refractivity contribution in [3.05, 3.63) is 15.6 Å². The van der Waals surface area contributed by atoms with E-state index in [2.05, 4.69) is 44.9 Å². The lowest BCUT2D eigenvalue weighted by molar-refractivity contribution is 0.157. The van der Waals surface area contributed by atoms with Crippen LogP contribution in [0.15, 0.2) is 0 Å². The Morgan fingerprint density at radius 2 is 2.00 bits per heavy atom. The molecule has 4 heteroatoms. The van der Waals surface area contributed by atoms with Gasteiger partial charge in [-0.05, 0) is 20.3 Å². The van der Waals surface area contributed by atoms with Crippen molar-refractivity contribution in [3.63, 3.8) is 0 Å². The molecule has 0 aliphatic heterocycles. The lowest BCUT2D eigenvalue weighted by atomic mass is 10.2. The fraction of sp³-hybridized carbons (Fsp3) is 0.786. The van der Waals surface area contributed by atoms with Crippen molar-refractivity contribution in [2.75, 3.05) is 6.54 Å². The number of rotatable bonds is 7. The third-order valence-corrected chi connectivity index (χ3v) is 4.66. The van der Waals surface area contributed by atoms with Crippen LogP contribution in [0.3, 0.4) is 0 Å². The second kappa shape index (κ2) is 7.22. The summed E-state index contributed by atoms with van der Waals surface area (Å²) in [5.74, 6) is 0.486. The van der Waals surface area contributed by atoms with Gasteiger partial charge in [0.25, 0.3) is 0 Å². The molecular formula is C14H26N2OS. The van der Waals surface area contributed by atoms with Crippen LogP contribution >= 0.6 is 11.3 Å². The Labute approximate surface area is 115 Å². The summed E-state index contributed by atoms with van der Waals surface area (Å²) in [6, 6.07) is 0.265. The Morgan fingerprint density at radius 1 is 1.33 bits per heavy atom. The van der Waals surface area contributed by atoms with Gasteiger partial charge in [0.05, 0.1) is 16.8 Å². The summed E-state index contributed by atoms with van der Waals surface area (Å²) in [6.07, 6.45) is 1.64. The maximum absolute atomic E-state index is 9.73. The average Bonchev–Trinajstić information content (AvgIpc) is 2.69. The number of nitrogens with zero attached hydrogens (tertiary/aromatic N) is 1. The highest BCUT2D eigenvalue weighted by Gasteiger charge is 2.16. The van der Waals surface area contributed by atoms with Crippen LogP contribution in [0, 0.1) is 6.92 Å². The van der Waals surface area contributed by atoms with Gasteiger partial charge in [-0.3, -0.25) is 0 Å². The number of hydrogen-bond acceptors (Lipinski definition) is 4. The van der Waals surface area contributed by atoms with Crippen molar-refractivity contribution in [2.24, 2.45) is 0 Å². The lowest BCUT2D eigenvalue weighted by Gasteiger charge is -2.16. The smallest absolute Gasteiger partial charge is 0.0956 e. The molecule has 0 fully saturated rings. The Balaban J connectivity index is 2.58. The molecule has 0 bridgehead atoms. The van der Waals surface area contributed by atoms with Gasteiger partial charge in [0.1, 0.15) is 0 Å². The van der Waals surface area contributed by atoms with Crippen molar-refractivity contribution < 1.29 is 5.11 Å². The zero-order valence-corrected chi connectivity index (χ0v) is 13.0. The fourth-order valence-corrected chi connectivity index (χ4v) is 3.02. The minimum Gasteiger partial charge on any atom is -0.392 e. The summed E-state index contributed by atoms with van der Waals surface area (Å²) < 4.78 is 0. The predicted octanol–water partition coefficient (Wildman–Crippen LogP) is 3.39. The van der Waals surface area contributed by atoms with E-state index in [4.69, 9.17) is 0 Å². The van der Waals surface area contributed by atoms with Crippen LogP contribution in [0.25, 0.3) is 0 Å². The quantitative estimate of drug-likeness (QED) is 0.798. The Morgan fingerprint density at radius 3 is 2.50 bits per heavy atom. The first kappa shape index (κ1) is 15.6. The zero-order valence-electron chi connectivity index (χ0n) is 12.2. The van der Waals surface area contributed by atoms with Gasteiger partial charge >= 0.3 is 0 Å². The third kappa shape index (κ3) is 4.34. The SMILES string of the molecule is CCCC(O)CNC(C)c1sc(C(C)C)nc1C. The maximum atomic E-state index is 9.73. The van der Waals surface area contributed by atoms with Crippen LogP contribution in [0.2, 0.25) is 0 Å². The highest BCUT2D eigenvalue weighted by atomic mass is 32.1. The lowest BCUT2D eigenvalue weighted by Crippen LogP contribution is -2.28. The molecule has 0 spiro atoms. The second-order valence-corrected chi connectivity index (χ2v) is 6.29. The van der Waals surface area contributed by atoms with Crippen molar-refractivity contribution >= 4 is 11.3 Å². The summed E-state index contributed by atoms with van der Waals surface area (Å²) >= 11 is 1.79. The highest BCUT2D eigenvalue weighted by molar-refractivity contribution is 7.11. The van der Waals surface area contributed by atoms with E-state index in [1.165, 1.54) is 9.88 Å². The normalized spacial score (nSPS) is 15.1. The molecule has 2 unspecified atom stereocenters. The van der Waals surface area contributed by atoms with Gasteiger partial charge in [0, 0.05) is 23.4 Å². The molecule has 0 aliphatic rings. The van der Waals surface area contributed by atoms with Gasteiger partial charge in [-0.25, -0.2) is 4.98 Å². The van der Waals surface area contributed by atoms with E-state index in [-0.39, 0.29) is 12.1 Å². The van der Waals surface area contributed by atoms with Gasteiger partial charge in [-0.1, -0.05) is 27.2 Å². The van der Waals surface area contributed by atoms with E-state index < -0.39 is 0 Å². The van der Waals surface area contributed by atoms with Crippen molar-refractivity contribution in [1.29, 1.82) is 0 Å². The molecule has 0 saturated heterocycles. The first-order chi connectivity index (χ1) is 8.45. The highest BCUT2D eigenvalue weighted by Crippen LogP contribution is 2.29. The molecule has 2 atom stereocenters. The van der Waals surface area contributed by atoms with Crippen LogP contribution in [-0.2, 0) is 0 Å². The molecule has 0 aromatic carbocycles. The van der Waals surface area contributed by atoms with Crippen LogP contribution < -0.4 is 5.32 Å². The number of hydrogen-bond donors (Lipinski definition) is 2. The third-order valence-electron chi connectivity index (χ3n) is 3.02. The Kier molecular flexibility index (Phi) is 6.26. The van der Waals surface area contributed by atoms with Crippen LogP contribution in [0.1, 0.15) is 68.1 Å². The first-order valence-corrected chi connectivity index (χ1v) is 7.66. The summed E-state index contributed by atoms with van der Waals surface area (Å²) in [5.41, 5.74) is 1.12. The molecule has 1 rings (SSSR count). The number of aromatic nitrogens is 1. The van der Waals surface area contributed by atoms with Gasteiger partial charge in [-0.2, -0.15) is 0 Å². The zero-order chi connectivity index (χ0) is 13.7. The van der Waals surface area contributed by atoms with Crippen LogP contribution in [0.5, 0.6) is 0 Å². The number of aliphatic hydroxyl groups excluding tert-OH is 1. The summed E-state index contributed by atoms with van der Waals surface area (Å²) in [6.45, 7) is 11.3. The predicted molar refractivity (Wildman–Crippen MR) is 78.3 cm³/mol. The van der Waals surface area contributed by atoms with Crippen LogP contribution in [-0.4, -0.2) is 22.7 Å². The van der Waals surface area contributed by atoms with Crippen molar-refractivity contribution in [2.45, 2.75) is 65.5 Å². The molecular weight excluding hydrogens is 244 g/mol. The monoisotopic (exact) mass is 270 g/mol. The number of nitrogens with one attached hydrogen (secondary N) is 1. The van der Waals surface area contributed by atoms with E-state index in [9.17, 15) is 5.11 Å². The molecule has 0 radical (unpaired) electrons. The molecule has 18 heavy (non-hydrogen) atoms. The molecule has 1 heterocycles. The molecule has 1 aromatic heterocycles. The molecule has 104 valence electrons. The maximum Gasteiger partial charge on any atom is 0.0956 e. The molecule has 0 amide bonds. The summed E-state index contributed by atoms with van der Waals surface area (Å²) in [5, 5.41) is 14.3. The fourth-order valence-electron chi connectivity index (χ4n) is 1.92. The Hall–Kier alpha value is -0.450. The number of thiazole rings is 1. The van der Waals surface area contributed by atoms with Crippen molar-refractivity contribution in [1.82, 2.24) is 10.3 Å². The molecule has 2 N–H and O–H groups in total. The van der Waals surface area contributed by atoms with E-state index in [0.29, 0.717) is 12.5 Å². The summed E-state index contributed by atoms with van der Waals surface area (Å²) in [7, 11) is 0. The van der Waals surface area contributed by atoms with E-state index in [0.717, 1.165) is 18.5 Å². The molecule has 1 aromatic rings. The topological polar surface area (TPSA) is 45.1 Å². The van der Waals surface area contributed by atoms with Crippen molar-refractivity contribution in [3.8, 4) is 0 Å². The van der Waals surface area contributed by atoms with Gasteiger partial charge in [-0.15, -0.1) is 11.3 Å². The van der Waals surface area contributed by atoms with E-state index in [1.54, 1.807) is 11.3 Å². The number of aryl methyl sites for hydroxylation is 1. The Bertz CT molecular complexity index is 363.